The third kappa shape index (κ3) is 5.15. The number of amides is 1. The van der Waals surface area contributed by atoms with E-state index >= 15 is 0 Å². The number of carbonyl (C=O) groups is 1. The number of anilines is 1. The first-order chi connectivity index (χ1) is 13.1. The Hall–Kier alpha value is -2.22. The third-order valence-electron chi connectivity index (χ3n) is 4.00. The van der Waals surface area contributed by atoms with Gasteiger partial charge < -0.3 is 9.64 Å². The normalized spacial score (nSPS) is 11.6. The van der Waals surface area contributed by atoms with Crippen LogP contribution in [0.3, 0.4) is 0 Å². The van der Waals surface area contributed by atoms with Crippen LogP contribution < -0.4 is 9.64 Å². The van der Waals surface area contributed by atoms with Gasteiger partial charge in [0.2, 0.25) is 0 Å². The van der Waals surface area contributed by atoms with E-state index in [0.717, 1.165) is 38.9 Å². The van der Waals surface area contributed by atoms with Crippen molar-refractivity contribution in [1.82, 2.24) is 9.88 Å². The Morgan fingerprint density at radius 2 is 2.11 bits per heavy atom. The Labute approximate surface area is 167 Å². The van der Waals surface area contributed by atoms with Crippen LogP contribution in [0.15, 0.2) is 41.8 Å². The molecule has 0 N–H and O–H groups in total. The summed E-state index contributed by atoms with van der Waals surface area (Å²) in [6.07, 6.45) is 4.38. The van der Waals surface area contributed by atoms with Crippen molar-refractivity contribution in [3.05, 3.63) is 46.7 Å². The van der Waals surface area contributed by atoms with Gasteiger partial charge in [-0.1, -0.05) is 17.4 Å². The molecular formula is C20H23N3O2S2. The number of thiazole rings is 1. The van der Waals surface area contributed by atoms with Gasteiger partial charge in [-0.25, -0.2) is 4.98 Å². The third-order valence-corrected chi connectivity index (χ3v) is 5.90. The number of aromatic nitrogens is 1. The number of rotatable bonds is 8. The van der Waals surface area contributed by atoms with E-state index < -0.39 is 0 Å². The number of nitrogens with zero attached hydrogens (tertiary/aromatic N) is 3. The second-order valence-corrected chi connectivity index (χ2v) is 8.31. The molecule has 5 nitrogen and oxygen atoms in total. The van der Waals surface area contributed by atoms with Gasteiger partial charge in [0.1, 0.15) is 5.75 Å². The zero-order chi connectivity index (χ0) is 19.2. The SMILES string of the molecule is COc1ccc2sc(N(CCCN(C)C)C(=O)C=Cc3cccs3)nc2c1. The first kappa shape index (κ1) is 19.5. The van der Waals surface area contributed by atoms with Crippen molar-refractivity contribution in [2.24, 2.45) is 0 Å². The van der Waals surface area contributed by atoms with E-state index in [4.69, 9.17) is 4.74 Å². The van der Waals surface area contributed by atoms with E-state index in [1.807, 2.05) is 55.9 Å². The van der Waals surface area contributed by atoms with E-state index in [1.54, 1.807) is 29.4 Å². The summed E-state index contributed by atoms with van der Waals surface area (Å²) in [4.78, 5) is 22.5. The Morgan fingerprint density at radius 1 is 1.26 bits per heavy atom. The minimum Gasteiger partial charge on any atom is -0.497 e. The van der Waals surface area contributed by atoms with Crippen LogP contribution in [-0.4, -0.2) is 50.1 Å². The van der Waals surface area contributed by atoms with E-state index in [1.165, 1.54) is 11.3 Å². The quantitative estimate of drug-likeness (QED) is 0.526. The van der Waals surface area contributed by atoms with Crippen molar-refractivity contribution < 1.29 is 9.53 Å². The molecule has 0 fully saturated rings. The van der Waals surface area contributed by atoms with Crippen LogP contribution in [0.1, 0.15) is 11.3 Å². The molecule has 1 aromatic carbocycles. The molecule has 1 amide bonds. The number of benzene rings is 1. The first-order valence-electron chi connectivity index (χ1n) is 8.69. The molecule has 0 aliphatic heterocycles. The van der Waals surface area contributed by atoms with Crippen molar-refractivity contribution in [2.45, 2.75) is 6.42 Å². The molecule has 0 saturated heterocycles. The summed E-state index contributed by atoms with van der Waals surface area (Å²) in [5.41, 5.74) is 0.849. The van der Waals surface area contributed by atoms with Crippen molar-refractivity contribution in [3.8, 4) is 5.75 Å². The largest absolute Gasteiger partial charge is 0.497 e. The zero-order valence-corrected chi connectivity index (χ0v) is 17.3. The molecule has 27 heavy (non-hydrogen) atoms. The molecule has 0 atom stereocenters. The van der Waals surface area contributed by atoms with Crippen LogP contribution in [-0.2, 0) is 4.79 Å². The average molecular weight is 402 g/mol. The molecule has 0 unspecified atom stereocenters. The topological polar surface area (TPSA) is 45.7 Å². The van der Waals surface area contributed by atoms with Gasteiger partial charge in [0.05, 0.1) is 17.3 Å². The molecule has 0 saturated carbocycles. The van der Waals surface area contributed by atoms with Gasteiger partial charge in [-0.2, -0.15) is 0 Å². The minimum atomic E-state index is -0.0480. The van der Waals surface area contributed by atoms with Gasteiger partial charge in [0.15, 0.2) is 5.13 Å². The van der Waals surface area contributed by atoms with Crippen molar-refractivity contribution in [1.29, 1.82) is 0 Å². The number of thiophene rings is 1. The molecule has 0 bridgehead atoms. The maximum atomic E-state index is 12.9. The number of methoxy groups -OCH3 is 1. The fourth-order valence-corrected chi connectivity index (χ4v) is 4.21. The molecule has 2 aromatic heterocycles. The van der Waals surface area contributed by atoms with Crippen LogP contribution in [0.2, 0.25) is 0 Å². The number of hydrogen-bond donors (Lipinski definition) is 0. The number of carbonyl (C=O) groups excluding carboxylic acids is 1. The second kappa shape index (κ2) is 9.12. The zero-order valence-electron chi connectivity index (χ0n) is 15.7. The summed E-state index contributed by atoms with van der Waals surface area (Å²) in [6.45, 7) is 1.54. The van der Waals surface area contributed by atoms with Gasteiger partial charge in [0, 0.05) is 23.6 Å². The van der Waals surface area contributed by atoms with E-state index in [0.29, 0.717) is 6.54 Å². The van der Waals surface area contributed by atoms with Crippen molar-refractivity contribution >= 4 is 50.0 Å². The highest BCUT2D eigenvalue weighted by atomic mass is 32.1. The maximum absolute atomic E-state index is 12.9. The Morgan fingerprint density at radius 3 is 2.81 bits per heavy atom. The summed E-state index contributed by atoms with van der Waals surface area (Å²) in [5.74, 6) is 0.718. The van der Waals surface area contributed by atoms with Gasteiger partial charge in [0.25, 0.3) is 5.91 Å². The van der Waals surface area contributed by atoms with E-state index in [9.17, 15) is 4.79 Å². The highest BCUT2D eigenvalue weighted by Crippen LogP contribution is 2.31. The van der Waals surface area contributed by atoms with Crippen LogP contribution in [0.5, 0.6) is 5.75 Å². The molecule has 0 aliphatic rings. The van der Waals surface area contributed by atoms with Crippen molar-refractivity contribution in [2.75, 3.05) is 39.2 Å². The predicted octanol–water partition coefficient (Wildman–Crippen LogP) is 4.36. The highest BCUT2D eigenvalue weighted by Gasteiger charge is 2.18. The molecule has 142 valence electrons. The van der Waals surface area contributed by atoms with E-state index in [-0.39, 0.29) is 5.91 Å². The smallest absolute Gasteiger partial charge is 0.252 e. The molecule has 2 heterocycles. The summed E-state index contributed by atoms with van der Waals surface area (Å²) in [6, 6.07) is 9.77. The first-order valence-corrected chi connectivity index (χ1v) is 10.4. The Kier molecular flexibility index (Phi) is 6.60. The summed E-state index contributed by atoms with van der Waals surface area (Å²) < 4.78 is 6.32. The molecule has 0 aliphatic carbocycles. The standard InChI is InChI=1S/C20H23N3O2S2/c1-22(2)11-5-12-23(19(24)10-8-16-6-4-13-26-16)20-21-17-14-15(25-3)7-9-18(17)27-20/h4,6-10,13-14H,5,11-12H2,1-3H3. The van der Waals surface area contributed by atoms with E-state index in [2.05, 4.69) is 9.88 Å². The summed E-state index contributed by atoms with van der Waals surface area (Å²) in [5, 5.41) is 2.72. The van der Waals surface area contributed by atoms with Crippen LogP contribution in [0.25, 0.3) is 16.3 Å². The van der Waals surface area contributed by atoms with Crippen LogP contribution in [0, 0.1) is 0 Å². The predicted molar refractivity (Wildman–Crippen MR) is 115 cm³/mol. The fraction of sp³-hybridized carbons (Fsp3) is 0.300. The van der Waals surface area contributed by atoms with Crippen molar-refractivity contribution in [3.63, 3.8) is 0 Å². The van der Waals surface area contributed by atoms with Crippen LogP contribution in [0.4, 0.5) is 5.13 Å². The Balaban J connectivity index is 1.85. The number of fused-ring (bicyclic) bond motifs is 1. The van der Waals surface area contributed by atoms with Gasteiger partial charge in [-0.05, 0) is 56.7 Å². The number of hydrogen-bond acceptors (Lipinski definition) is 6. The molecule has 0 spiro atoms. The molecule has 3 aromatic rings. The minimum absolute atomic E-state index is 0.0480. The molecule has 3 rings (SSSR count). The highest BCUT2D eigenvalue weighted by molar-refractivity contribution is 7.22. The second-order valence-electron chi connectivity index (χ2n) is 6.33. The molecule has 0 radical (unpaired) electrons. The average Bonchev–Trinajstić information content (AvgIpc) is 3.31. The summed E-state index contributed by atoms with van der Waals surface area (Å²) in [7, 11) is 5.71. The van der Waals surface area contributed by atoms with Gasteiger partial charge in [-0.15, -0.1) is 11.3 Å². The van der Waals surface area contributed by atoms with Crippen LogP contribution >= 0.6 is 22.7 Å². The summed E-state index contributed by atoms with van der Waals surface area (Å²) >= 11 is 3.14. The maximum Gasteiger partial charge on any atom is 0.252 e. The van der Waals surface area contributed by atoms with Gasteiger partial charge in [-0.3, -0.25) is 9.69 Å². The monoisotopic (exact) mass is 401 g/mol. The number of ether oxygens (including phenoxy) is 1. The lowest BCUT2D eigenvalue weighted by molar-refractivity contribution is -0.114. The lowest BCUT2D eigenvalue weighted by atomic mass is 10.3. The van der Waals surface area contributed by atoms with Gasteiger partial charge >= 0.3 is 0 Å². The molecule has 7 heteroatoms. The fourth-order valence-electron chi connectivity index (χ4n) is 2.61. The lowest BCUT2D eigenvalue weighted by Crippen LogP contribution is -2.32. The lowest BCUT2D eigenvalue weighted by Gasteiger charge is -2.19. The molecular weight excluding hydrogens is 378 g/mol. The Bertz CT molecular complexity index is 917.